The first-order valence-corrected chi connectivity index (χ1v) is 6.89. The molecule has 0 saturated carbocycles. The number of aromatic nitrogens is 1. The number of rotatable bonds is 2. The van der Waals surface area contributed by atoms with E-state index < -0.39 is 11.7 Å². The van der Waals surface area contributed by atoms with Crippen molar-refractivity contribution in [3.63, 3.8) is 0 Å². The molecule has 0 spiro atoms. The SMILES string of the molecule is Cc1csc(CN2C(=O)C(=O)c3c(Cl)cccc32)n1. The van der Waals surface area contributed by atoms with Crippen LogP contribution in [0.1, 0.15) is 21.1 Å². The van der Waals surface area contributed by atoms with E-state index in [1.165, 1.54) is 16.2 Å². The quantitative estimate of drug-likeness (QED) is 0.800. The molecule has 1 aromatic carbocycles. The Morgan fingerprint density at radius 1 is 1.37 bits per heavy atom. The van der Waals surface area contributed by atoms with Crippen molar-refractivity contribution >= 4 is 40.3 Å². The molecule has 1 aromatic heterocycles. The summed E-state index contributed by atoms with van der Waals surface area (Å²) < 4.78 is 0. The summed E-state index contributed by atoms with van der Waals surface area (Å²) in [6.07, 6.45) is 0. The Morgan fingerprint density at radius 3 is 2.84 bits per heavy atom. The minimum absolute atomic E-state index is 0.294. The lowest BCUT2D eigenvalue weighted by Crippen LogP contribution is -2.29. The number of anilines is 1. The summed E-state index contributed by atoms with van der Waals surface area (Å²) in [6, 6.07) is 5.07. The number of carbonyl (C=O) groups excluding carboxylic acids is 2. The summed E-state index contributed by atoms with van der Waals surface area (Å²) in [5, 5.41) is 3.02. The van der Waals surface area contributed by atoms with E-state index in [9.17, 15) is 9.59 Å². The molecule has 1 aliphatic rings. The third-order valence-corrected chi connectivity index (χ3v) is 4.18. The van der Waals surface area contributed by atoms with Gasteiger partial charge in [0.15, 0.2) is 0 Å². The summed E-state index contributed by atoms with van der Waals surface area (Å²) in [5.41, 5.74) is 1.77. The summed E-state index contributed by atoms with van der Waals surface area (Å²) in [6.45, 7) is 2.19. The Kier molecular flexibility index (Phi) is 2.88. The normalized spacial score (nSPS) is 14.1. The smallest absolute Gasteiger partial charge is 0.298 e. The molecular formula is C13H9ClN2O2S. The molecule has 6 heteroatoms. The first-order chi connectivity index (χ1) is 9.08. The Bertz CT molecular complexity index is 696. The number of aryl methyl sites for hydroxylation is 1. The second-order valence-corrected chi connectivity index (χ2v) is 5.59. The average molecular weight is 293 g/mol. The zero-order valence-electron chi connectivity index (χ0n) is 10.0. The Hall–Kier alpha value is -1.72. The van der Waals surface area contributed by atoms with Crippen molar-refractivity contribution in [2.75, 3.05) is 4.90 Å². The van der Waals surface area contributed by atoms with Gasteiger partial charge < -0.3 is 0 Å². The van der Waals surface area contributed by atoms with Crippen molar-refractivity contribution < 1.29 is 9.59 Å². The number of fused-ring (bicyclic) bond motifs is 1. The van der Waals surface area contributed by atoms with Crippen LogP contribution < -0.4 is 4.90 Å². The Labute approximate surface area is 118 Å². The van der Waals surface area contributed by atoms with E-state index in [1.54, 1.807) is 18.2 Å². The maximum absolute atomic E-state index is 12.0. The van der Waals surface area contributed by atoms with Gasteiger partial charge in [0.2, 0.25) is 0 Å². The highest BCUT2D eigenvalue weighted by Crippen LogP contribution is 2.35. The number of thiazole rings is 1. The molecule has 1 amide bonds. The highest BCUT2D eigenvalue weighted by Gasteiger charge is 2.37. The van der Waals surface area contributed by atoms with Gasteiger partial charge in [0, 0.05) is 11.1 Å². The van der Waals surface area contributed by atoms with Gasteiger partial charge in [0.1, 0.15) is 5.01 Å². The fourth-order valence-electron chi connectivity index (χ4n) is 2.07. The van der Waals surface area contributed by atoms with Crippen LogP contribution >= 0.6 is 22.9 Å². The summed E-state index contributed by atoms with van der Waals surface area (Å²) in [4.78, 5) is 29.7. The number of ketones is 1. The fraction of sp³-hybridized carbons (Fsp3) is 0.154. The second kappa shape index (κ2) is 4.43. The van der Waals surface area contributed by atoms with Crippen LogP contribution in [0.2, 0.25) is 5.02 Å². The number of Topliss-reactive ketones (excluding diaryl/α,β-unsaturated/α-hetero) is 1. The van der Waals surface area contributed by atoms with Crippen molar-refractivity contribution in [1.82, 2.24) is 4.98 Å². The molecule has 0 atom stereocenters. The van der Waals surface area contributed by atoms with Gasteiger partial charge in [-0.3, -0.25) is 14.5 Å². The van der Waals surface area contributed by atoms with Crippen LogP contribution in [0.5, 0.6) is 0 Å². The van der Waals surface area contributed by atoms with Gasteiger partial charge in [-0.25, -0.2) is 4.98 Å². The molecule has 0 bridgehead atoms. The van der Waals surface area contributed by atoms with Gasteiger partial charge in [0.25, 0.3) is 11.7 Å². The van der Waals surface area contributed by atoms with Gasteiger partial charge in [-0.05, 0) is 19.1 Å². The van der Waals surface area contributed by atoms with Crippen molar-refractivity contribution in [2.24, 2.45) is 0 Å². The van der Waals surface area contributed by atoms with Crippen LogP contribution in [0, 0.1) is 6.92 Å². The molecule has 2 heterocycles. The van der Waals surface area contributed by atoms with Crippen LogP contribution in [0.25, 0.3) is 0 Å². The van der Waals surface area contributed by atoms with Crippen LogP contribution in [0.15, 0.2) is 23.6 Å². The number of amides is 1. The third kappa shape index (κ3) is 1.95. The number of nitrogens with zero attached hydrogens (tertiary/aromatic N) is 2. The maximum atomic E-state index is 12.0. The molecule has 0 aliphatic carbocycles. The molecule has 0 fully saturated rings. The molecule has 0 unspecified atom stereocenters. The van der Waals surface area contributed by atoms with E-state index in [0.717, 1.165) is 10.7 Å². The third-order valence-electron chi connectivity index (χ3n) is 2.91. The van der Waals surface area contributed by atoms with E-state index in [-0.39, 0.29) is 0 Å². The van der Waals surface area contributed by atoms with Gasteiger partial charge in [-0.15, -0.1) is 11.3 Å². The molecule has 1 aliphatic heterocycles. The first-order valence-electron chi connectivity index (χ1n) is 5.63. The van der Waals surface area contributed by atoms with Gasteiger partial charge in [-0.2, -0.15) is 0 Å². The van der Waals surface area contributed by atoms with Crippen LogP contribution in [0.4, 0.5) is 5.69 Å². The molecular weight excluding hydrogens is 284 g/mol. The van der Waals surface area contributed by atoms with Gasteiger partial charge >= 0.3 is 0 Å². The average Bonchev–Trinajstić information content (AvgIpc) is 2.88. The minimum Gasteiger partial charge on any atom is -0.298 e. The monoisotopic (exact) mass is 292 g/mol. The highest BCUT2D eigenvalue weighted by atomic mass is 35.5. The number of halogens is 1. The molecule has 0 saturated heterocycles. The highest BCUT2D eigenvalue weighted by molar-refractivity contribution is 7.09. The molecule has 3 rings (SSSR count). The van der Waals surface area contributed by atoms with E-state index in [1.807, 2.05) is 12.3 Å². The van der Waals surface area contributed by atoms with Crippen molar-refractivity contribution in [3.8, 4) is 0 Å². The van der Waals surface area contributed by atoms with E-state index in [0.29, 0.717) is 22.8 Å². The van der Waals surface area contributed by atoms with Crippen LogP contribution in [-0.4, -0.2) is 16.7 Å². The number of hydrogen-bond acceptors (Lipinski definition) is 4. The minimum atomic E-state index is -0.547. The summed E-state index contributed by atoms with van der Waals surface area (Å²) in [5.74, 6) is -1.09. The van der Waals surface area contributed by atoms with Crippen molar-refractivity contribution in [3.05, 3.63) is 44.9 Å². The second-order valence-electron chi connectivity index (χ2n) is 4.24. The molecule has 19 heavy (non-hydrogen) atoms. The van der Waals surface area contributed by atoms with Crippen molar-refractivity contribution in [1.29, 1.82) is 0 Å². The van der Waals surface area contributed by atoms with E-state index in [2.05, 4.69) is 4.98 Å². The predicted octanol–water partition coefficient (Wildman–Crippen LogP) is 2.83. The maximum Gasteiger partial charge on any atom is 0.299 e. The topological polar surface area (TPSA) is 50.3 Å². The number of hydrogen-bond donors (Lipinski definition) is 0. The zero-order valence-corrected chi connectivity index (χ0v) is 11.6. The summed E-state index contributed by atoms with van der Waals surface area (Å²) in [7, 11) is 0. The molecule has 2 aromatic rings. The molecule has 96 valence electrons. The van der Waals surface area contributed by atoms with Gasteiger partial charge in [-0.1, -0.05) is 17.7 Å². The number of benzene rings is 1. The largest absolute Gasteiger partial charge is 0.299 e. The lowest BCUT2D eigenvalue weighted by molar-refractivity contribution is -0.114. The van der Waals surface area contributed by atoms with E-state index >= 15 is 0 Å². The van der Waals surface area contributed by atoms with Crippen LogP contribution in [0.3, 0.4) is 0 Å². The first kappa shape index (κ1) is 12.3. The zero-order chi connectivity index (χ0) is 13.6. The Morgan fingerprint density at radius 2 is 2.16 bits per heavy atom. The Balaban J connectivity index is 2.02. The van der Waals surface area contributed by atoms with Crippen molar-refractivity contribution in [2.45, 2.75) is 13.5 Å². The predicted molar refractivity (Wildman–Crippen MR) is 73.8 cm³/mol. The molecule has 0 N–H and O–H groups in total. The lowest BCUT2D eigenvalue weighted by atomic mass is 10.1. The fourth-order valence-corrected chi connectivity index (χ4v) is 3.08. The van der Waals surface area contributed by atoms with Gasteiger partial charge in [0.05, 0.1) is 22.8 Å². The van der Waals surface area contributed by atoms with Crippen LogP contribution in [-0.2, 0) is 11.3 Å². The standard InChI is InChI=1S/C13H9ClN2O2S/c1-7-6-19-10(15-7)5-16-9-4-2-3-8(14)11(9)12(17)13(16)18/h2-4,6H,5H2,1H3. The van der Waals surface area contributed by atoms with E-state index in [4.69, 9.17) is 11.6 Å². The number of carbonyl (C=O) groups is 2. The molecule has 0 radical (unpaired) electrons. The lowest BCUT2D eigenvalue weighted by Gasteiger charge is -2.14. The summed E-state index contributed by atoms with van der Waals surface area (Å²) >= 11 is 7.46. The molecule has 4 nitrogen and oxygen atoms in total.